The molecule has 0 saturated carbocycles. The summed E-state index contributed by atoms with van der Waals surface area (Å²) in [6.45, 7) is 3.26. The Bertz CT molecular complexity index is 530. The lowest BCUT2D eigenvalue weighted by molar-refractivity contribution is -0.254. The molecule has 2 fully saturated rings. The molecule has 0 spiro atoms. The first kappa shape index (κ1) is 16.5. The molecule has 5 atom stereocenters. The summed E-state index contributed by atoms with van der Waals surface area (Å²) in [7, 11) is 1.58. The molecule has 23 heavy (non-hydrogen) atoms. The molecule has 128 valence electrons. The minimum atomic E-state index is -1.04. The third kappa shape index (κ3) is 3.29. The quantitative estimate of drug-likeness (QED) is 0.841. The number of hydrogen-bond acceptors (Lipinski definition) is 7. The highest BCUT2D eigenvalue weighted by atomic mass is 16.8. The monoisotopic (exact) mass is 326 g/mol. The van der Waals surface area contributed by atoms with Gasteiger partial charge in [0.25, 0.3) is 0 Å². The molecule has 2 N–H and O–H groups in total. The highest BCUT2D eigenvalue weighted by Crippen LogP contribution is 2.38. The largest absolute Gasteiger partial charge is 0.497 e. The molecule has 7 nitrogen and oxygen atoms in total. The fourth-order valence-electron chi connectivity index (χ4n) is 2.89. The second-order valence-corrected chi connectivity index (χ2v) is 6.07. The van der Waals surface area contributed by atoms with Gasteiger partial charge < -0.3 is 33.9 Å². The predicted molar refractivity (Wildman–Crippen MR) is 79.2 cm³/mol. The zero-order valence-corrected chi connectivity index (χ0v) is 13.3. The van der Waals surface area contributed by atoms with Gasteiger partial charge in [-0.25, -0.2) is 0 Å². The topological polar surface area (TPSA) is 86.6 Å². The molecule has 2 heterocycles. The molecule has 1 aromatic rings. The molecule has 3 rings (SSSR count). The Morgan fingerprint density at radius 3 is 2.30 bits per heavy atom. The summed E-state index contributed by atoms with van der Waals surface area (Å²) in [4.78, 5) is 0. The number of aliphatic hydroxyl groups excluding tert-OH is 2. The van der Waals surface area contributed by atoms with Crippen LogP contribution in [0.3, 0.4) is 0 Å². The summed E-state index contributed by atoms with van der Waals surface area (Å²) in [6.07, 6.45) is -3.79. The smallest absolute Gasteiger partial charge is 0.229 e. The van der Waals surface area contributed by atoms with E-state index in [-0.39, 0.29) is 6.61 Å². The Morgan fingerprint density at radius 2 is 1.70 bits per heavy atom. The molecule has 2 aliphatic rings. The number of fused-ring (bicyclic) bond motifs is 1. The molecule has 0 aliphatic carbocycles. The second-order valence-electron chi connectivity index (χ2n) is 6.07. The van der Waals surface area contributed by atoms with Crippen LogP contribution >= 0.6 is 0 Å². The first-order chi connectivity index (χ1) is 10.9. The van der Waals surface area contributed by atoms with E-state index in [1.165, 1.54) is 0 Å². The second kappa shape index (κ2) is 6.26. The van der Waals surface area contributed by atoms with Gasteiger partial charge in [-0.3, -0.25) is 0 Å². The molecule has 2 aliphatic heterocycles. The first-order valence-electron chi connectivity index (χ1n) is 7.54. The SMILES string of the molecule is COc1ccc(O[C@H]2O[C@H](CO)[C@@H]3OC(C)(C)O[C@@H]3[C@H]2O)cc1. The highest BCUT2D eigenvalue weighted by Gasteiger charge is 2.55. The van der Waals surface area contributed by atoms with Gasteiger partial charge in [0.15, 0.2) is 5.79 Å². The van der Waals surface area contributed by atoms with Crippen molar-refractivity contribution in [2.75, 3.05) is 13.7 Å². The molecule has 0 aromatic heterocycles. The lowest BCUT2D eigenvalue weighted by Crippen LogP contribution is -2.58. The van der Waals surface area contributed by atoms with E-state index in [0.29, 0.717) is 11.5 Å². The van der Waals surface area contributed by atoms with E-state index >= 15 is 0 Å². The lowest BCUT2D eigenvalue weighted by atomic mass is 9.99. The molecule has 7 heteroatoms. The predicted octanol–water partition coefficient (Wildman–Crippen LogP) is 0.672. The van der Waals surface area contributed by atoms with Crippen molar-refractivity contribution in [2.45, 2.75) is 50.3 Å². The van der Waals surface area contributed by atoms with Crippen molar-refractivity contribution < 1.29 is 33.9 Å². The first-order valence-corrected chi connectivity index (χ1v) is 7.54. The van der Waals surface area contributed by atoms with Crippen molar-refractivity contribution in [2.24, 2.45) is 0 Å². The van der Waals surface area contributed by atoms with Gasteiger partial charge in [-0.15, -0.1) is 0 Å². The zero-order chi connectivity index (χ0) is 16.6. The Balaban J connectivity index is 1.74. The number of benzene rings is 1. The minimum absolute atomic E-state index is 0.254. The highest BCUT2D eigenvalue weighted by molar-refractivity contribution is 5.31. The fourth-order valence-corrected chi connectivity index (χ4v) is 2.89. The maximum atomic E-state index is 10.5. The number of aliphatic hydroxyl groups is 2. The van der Waals surface area contributed by atoms with Gasteiger partial charge in [-0.1, -0.05) is 0 Å². The van der Waals surface area contributed by atoms with Crippen LogP contribution in [-0.4, -0.2) is 60.4 Å². The average molecular weight is 326 g/mol. The Labute approximate surface area is 134 Å². The summed E-state index contributed by atoms with van der Waals surface area (Å²) in [5.41, 5.74) is 0. The van der Waals surface area contributed by atoms with E-state index in [1.54, 1.807) is 45.2 Å². The van der Waals surface area contributed by atoms with Crippen molar-refractivity contribution in [1.82, 2.24) is 0 Å². The third-order valence-corrected chi connectivity index (χ3v) is 3.95. The van der Waals surface area contributed by atoms with E-state index in [9.17, 15) is 10.2 Å². The van der Waals surface area contributed by atoms with Crippen LogP contribution in [-0.2, 0) is 14.2 Å². The van der Waals surface area contributed by atoms with Gasteiger partial charge in [-0.05, 0) is 38.1 Å². The number of rotatable bonds is 4. The zero-order valence-electron chi connectivity index (χ0n) is 13.3. The number of methoxy groups -OCH3 is 1. The molecular weight excluding hydrogens is 304 g/mol. The standard InChI is InChI=1S/C16H22O7/c1-16(2)22-13-11(8-17)21-15(12(18)14(13)23-16)20-10-6-4-9(19-3)5-7-10/h4-7,11-15,17-18H,8H2,1-3H3/t11-,12-,13+,14-,15+/m1/s1. The molecule has 0 bridgehead atoms. The summed E-state index contributed by atoms with van der Waals surface area (Å²) in [5, 5.41) is 20.0. The molecular formula is C16H22O7. The molecule has 1 aromatic carbocycles. The number of ether oxygens (including phenoxy) is 5. The number of hydrogen-bond donors (Lipinski definition) is 2. The maximum absolute atomic E-state index is 10.5. The van der Waals surface area contributed by atoms with E-state index in [0.717, 1.165) is 0 Å². The van der Waals surface area contributed by atoms with Gasteiger partial charge >= 0.3 is 0 Å². The maximum Gasteiger partial charge on any atom is 0.229 e. The third-order valence-electron chi connectivity index (χ3n) is 3.95. The van der Waals surface area contributed by atoms with Gasteiger partial charge in [0, 0.05) is 0 Å². The van der Waals surface area contributed by atoms with Gasteiger partial charge in [0.05, 0.1) is 13.7 Å². The molecule has 0 radical (unpaired) electrons. The fraction of sp³-hybridized carbons (Fsp3) is 0.625. The van der Waals surface area contributed by atoms with E-state index in [2.05, 4.69) is 0 Å². The normalized spacial score (nSPS) is 35.6. The van der Waals surface area contributed by atoms with Crippen LogP contribution in [0.1, 0.15) is 13.8 Å². The van der Waals surface area contributed by atoms with Gasteiger partial charge in [-0.2, -0.15) is 0 Å². The van der Waals surface area contributed by atoms with Crippen LogP contribution in [0.2, 0.25) is 0 Å². The van der Waals surface area contributed by atoms with Gasteiger partial charge in [0.2, 0.25) is 6.29 Å². The van der Waals surface area contributed by atoms with E-state index < -0.39 is 36.5 Å². The van der Waals surface area contributed by atoms with Crippen molar-refractivity contribution >= 4 is 0 Å². The molecule has 0 unspecified atom stereocenters. The molecule has 2 saturated heterocycles. The van der Waals surface area contributed by atoms with Crippen LogP contribution in [0.15, 0.2) is 24.3 Å². The Morgan fingerprint density at radius 1 is 1.09 bits per heavy atom. The van der Waals surface area contributed by atoms with E-state index in [4.69, 9.17) is 23.7 Å². The van der Waals surface area contributed by atoms with Crippen LogP contribution in [0.4, 0.5) is 0 Å². The van der Waals surface area contributed by atoms with Crippen molar-refractivity contribution in [1.29, 1.82) is 0 Å². The van der Waals surface area contributed by atoms with Crippen molar-refractivity contribution in [3.05, 3.63) is 24.3 Å². The Kier molecular flexibility index (Phi) is 4.48. The minimum Gasteiger partial charge on any atom is -0.497 e. The molecule has 0 amide bonds. The summed E-state index contributed by atoms with van der Waals surface area (Å²) < 4.78 is 27.9. The summed E-state index contributed by atoms with van der Waals surface area (Å²) >= 11 is 0. The van der Waals surface area contributed by atoms with E-state index in [1.807, 2.05) is 0 Å². The summed E-state index contributed by atoms with van der Waals surface area (Å²) in [5.74, 6) is 0.371. The van der Waals surface area contributed by atoms with Gasteiger partial charge in [0.1, 0.15) is 35.9 Å². The summed E-state index contributed by atoms with van der Waals surface area (Å²) in [6, 6.07) is 6.92. The van der Waals surface area contributed by atoms with Crippen molar-refractivity contribution in [3.63, 3.8) is 0 Å². The van der Waals surface area contributed by atoms with Crippen LogP contribution in [0.5, 0.6) is 11.5 Å². The van der Waals surface area contributed by atoms with Crippen LogP contribution in [0, 0.1) is 0 Å². The average Bonchev–Trinajstić information content (AvgIpc) is 2.87. The van der Waals surface area contributed by atoms with Crippen LogP contribution in [0.25, 0.3) is 0 Å². The Hall–Kier alpha value is -1.38. The van der Waals surface area contributed by atoms with Crippen LogP contribution < -0.4 is 9.47 Å². The van der Waals surface area contributed by atoms with Crippen molar-refractivity contribution in [3.8, 4) is 11.5 Å². The lowest BCUT2D eigenvalue weighted by Gasteiger charge is -2.39.